The molecule has 1 aliphatic carbocycles. The Hall–Kier alpha value is -1.31. The molecule has 1 unspecified atom stereocenters. The average molecular weight is 425 g/mol. The second-order valence-electron chi connectivity index (χ2n) is 7.49. The molecule has 0 spiro atoms. The van der Waals surface area contributed by atoms with Gasteiger partial charge in [0.15, 0.2) is 0 Å². The molecule has 1 aromatic heterocycles. The Balaban J connectivity index is 1.69. The van der Waals surface area contributed by atoms with Gasteiger partial charge in [0.1, 0.15) is 17.0 Å². The van der Waals surface area contributed by atoms with Crippen LogP contribution in [0, 0.1) is 9.49 Å². The summed E-state index contributed by atoms with van der Waals surface area (Å²) in [6, 6.07) is 6.17. The quantitative estimate of drug-likeness (QED) is 0.703. The van der Waals surface area contributed by atoms with Crippen LogP contribution in [0.3, 0.4) is 0 Å². The van der Waals surface area contributed by atoms with Crippen LogP contribution >= 0.6 is 22.6 Å². The molecule has 5 nitrogen and oxygen atoms in total. The van der Waals surface area contributed by atoms with Gasteiger partial charge in [0.05, 0.1) is 11.0 Å². The van der Waals surface area contributed by atoms with E-state index in [4.69, 9.17) is 9.72 Å². The minimum absolute atomic E-state index is 0.229. The van der Waals surface area contributed by atoms with E-state index in [1.54, 1.807) is 0 Å². The van der Waals surface area contributed by atoms with E-state index in [-0.39, 0.29) is 11.6 Å². The largest absolute Gasteiger partial charge is 0.444 e. The number of carbonyl (C=O) groups excluding carboxylic acids is 1. The first-order chi connectivity index (χ1) is 10.8. The Morgan fingerprint density at radius 1 is 1.48 bits per heavy atom. The summed E-state index contributed by atoms with van der Waals surface area (Å²) in [6.07, 6.45) is 1.77. The van der Waals surface area contributed by atoms with Crippen LogP contribution in [0.25, 0.3) is 11.0 Å². The Labute approximate surface area is 148 Å². The molecule has 1 N–H and O–H groups in total. The Kier molecular flexibility index (Phi) is 3.21. The van der Waals surface area contributed by atoms with Crippen molar-refractivity contribution in [3.05, 3.63) is 27.6 Å². The standard InChI is InChI=1S/C17H20IN3O2/c1-16(2,3)23-15(22)21-7-6-10-9-17(10,21)14-19-12-5-4-11(18)8-13(12)20-14/h4-5,8,10H,6-7,9H2,1-3H3,(H,19,20)/t10-,17?/m0/s1. The van der Waals surface area contributed by atoms with Gasteiger partial charge in [-0.05, 0) is 80.3 Å². The van der Waals surface area contributed by atoms with E-state index in [9.17, 15) is 4.79 Å². The van der Waals surface area contributed by atoms with Crippen LogP contribution in [0.15, 0.2) is 18.2 Å². The normalized spacial score (nSPS) is 26.4. The van der Waals surface area contributed by atoms with Gasteiger partial charge in [0.25, 0.3) is 0 Å². The summed E-state index contributed by atoms with van der Waals surface area (Å²) in [4.78, 5) is 22.7. The van der Waals surface area contributed by atoms with Gasteiger partial charge >= 0.3 is 6.09 Å². The number of aromatic amines is 1. The Morgan fingerprint density at radius 3 is 2.96 bits per heavy atom. The molecule has 1 aromatic carbocycles. The molecule has 1 amide bonds. The van der Waals surface area contributed by atoms with Crippen molar-refractivity contribution in [2.45, 2.75) is 44.8 Å². The number of aromatic nitrogens is 2. The van der Waals surface area contributed by atoms with Crippen molar-refractivity contribution in [3.63, 3.8) is 0 Å². The van der Waals surface area contributed by atoms with Gasteiger partial charge in [-0.2, -0.15) is 0 Å². The summed E-state index contributed by atoms with van der Waals surface area (Å²) in [5.74, 6) is 1.40. The smallest absolute Gasteiger partial charge is 0.411 e. The molecule has 1 aliphatic heterocycles. The molecule has 23 heavy (non-hydrogen) atoms. The number of amides is 1. The van der Waals surface area contributed by atoms with Gasteiger partial charge in [-0.25, -0.2) is 9.78 Å². The highest BCUT2D eigenvalue weighted by Gasteiger charge is 2.67. The lowest BCUT2D eigenvalue weighted by Gasteiger charge is -2.30. The van der Waals surface area contributed by atoms with E-state index in [0.717, 1.165) is 36.2 Å². The molecular formula is C17H20IN3O2. The van der Waals surface area contributed by atoms with Crippen LogP contribution < -0.4 is 0 Å². The Bertz CT molecular complexity index is 795. The molecule has 2 aliphatic rings. The number of imidazole rings is 1. The number of nitrogens with one attached hydrogen (secondary N) is 1. The molecule has 2 fully saturated rings. The Morgan fingerprint density at radius 2 is 2.26 bits per heavy atom. The molecule has 6 heteroatoms. The van der Waals surface area contributed by atoms with E-state index in [2.05, 4.69) is 39.7 Å². The van der Waals surface area contributed by atoms with Gasteiger partial charge in [0.2, 0.25) is 0 Å². The number of hydrogen-bond donors (Lipinski definition) is 1. The molecule has 1 saturated heterocycles. The number of rotatable bonds is 1. The SMILES string of the molecule is CC(C)(C)OC(=O)N1CC[C@H]2CC21c1nc2ccc(I)cc2[nH]1. The van der Waals surface area contributed by atoms with Crippen LogP contribution in [0.4, 0.5) is 4.79 Å². The molecule has 122 valence electrons. The van der Waals surface area contributed by atoms with Crippen molar-refractivity contribution < 1.29 is 9.53 Å². The average Bonchev–Trinajstić information content (AvgIpc) is 2.85. The van der Waals surface area contributed by atoms with Crippen LogP contribution in [-0.4, -0.2) is 33.1 Å². The number of nitrogens with zero attached hydrogens (tertiary/aromatic N) is 2. The zero-order chi connectivity index (χ0) is 16.4. The van der Waals surface area contributed by atoms with Gasteiger partial charge in [0, 0.05) is 10.1 Å². The number of benzene rings is 1. The number of hydrogen-bond acceptors (Lipinski definition) is 3. The van der Waals surface area contributed by atoms with Crippen molar-refractivity contribution in [2.75, 3.05) is 6.54 Å². The number of H-pyrrole nitrogens is 1. The first kappa shape index (κ1) is 15.2. The topological polar surface area (TPSA) is 58.2 Å². The number of piperidine rings is 1. The monoisotopic (exact) mass is 425 g/mol. The number of likely N-dealkylation sites (tertiary alicyclic amines) is 1. The summed E-state index contributed by atoms with van der Waals surface area (Å²) in [5, 5.41) is 0. The van der Waals surface area contributed by atoms with E-state index in [0.29, 0.717) is 5.92 Å². The zero-order valence-corrected chi connectivity index (χ0v) is 15.7. The molecule has 4 rings (SSSR count). The lowest BCUT2D eigenvalue weighted by Crippen LogP contribution is -2.42. The van der Waals surface area contributed by atoms with Crippen molar-refractivity contribution >= 4 is 39.7 Å². The lowest BCUT2D eigenvalue weighted by molar-refractivity contribution is 0.0162. The maximum absolute atomic E-state index is 12.6. The first-order valence-electron chi connectivity index (χ1n) is 7.96. The van der Waals surface area contributed by atoms with E-state index < -0.39 is 5.60 Å². The van der Waals surface area contributed by atoms with Gasteiger partial charge in [-0.1, -0.05) is 0 Å². The fourth-order valence-electron chi connectivity index (χ4n) is 3.65. The summed E-state index contributed by atoms with van der Waals surface area (Å²) in [7, 11) is 0. The minimum atomic E-state index is -0.477. The van der Waals surface area contributed by atoms with Crippen molar-refractivity contribution in [1.82, 2.24) is 14.9 Å². The maximum atomic E-state index is 12.6. The highest BCUT2D eigenvalue weighted by atomic mass is 127. The molecule has 0 radical (unpaired) electrons. The van der Waals surface area contributed by atoms with E-state index in [1.807, 2.05) is 31.7 Å². The van der Waals surface area contributed by atoms with Crippen LogP contribution in [0.1, 0.15) is 39.4 Å². The number of halogens is 1. The van der Waals surface area contributed by atoms with Crippen molar-refractivity contribution in [2.24, 2.45) is 5.92 Å². The van der Waals surface area contributed by atoms with E-state index >= 15 is 0 Å². The highest BCUT2D eigenvalue weighted by molar-refractivity contribution is 14.1. The van der Waals surface area contributed by atoms with Gasteiger partial charge in [-0.3, -0.25) is 4.90 Å². The first-order valence-corrected chi connectivity index (χ1v) is 9.04. The van der Waals surface area contributed by atoms with Crippen LogP contribution in [0.5, 0.6) is 0 Å². The number of carbonyl (C=O) groups is 1. The number of fused-ring (bicyclic) bond motifs is 2. The highest BCUT2D eigenvalue weighted by Crippen LogP contribution is 2.62. The molecule has 1 saturated carbocycles. The summed E-state index contributed by atoms with van der Waals surface area (Å²) < 4.78 is 6.77. The van der Waals surface area contributed by atoms with Crippen molar-refractivity contribution in [1.29, 1.82) is 0 Å². The molecule has 2 aromatic rings. The van der Waals surface area contributed by atoms with Crippen LogP contribution in [-0.2, 0) is 10.3 Å². The summed E-state index contributed by atoms with van der Waals surface area (Å²) >= 11 is 2.30. The van der Waals surface area contributed by atoms with Gasteiger partial charge in [-0.15, -0.1) is 0 Å². The summed E-state index contributed by atoms with van der Waals surface area (Å²) in [5.41, 5.74) is 1.22. The van der Waals surface area contributed by atoms with Crippen molar-refractivity contribution in [3.8, 4) is 0 Å². The fourth-order valence-corrected chi connectivity index (χ4v) is 4.14. The molecule has 2 atom stereocenters. The molecular weight excluding hydrogens is 405 g/mol. The third-order valence-electron chi connectivity index (χ3n) is 4.72. The van der Waals surface area contributed by atoms with Gasteiger partial charge < -0.3 is 9.72 Å². The summed E-state index contributed by atoms with van der Waals surface area (Å²) in [6.45, 7) is 6.46. The molecule has 0 bridgehead atoms. The third-order valence-corrected chi connectivity index (χ3v) is 5.39. The minimum Gasteiger partial charge on any atom is -0.444 e. The zero-order valence-electron chi connectivity index (χ0n) is 13.5. The third kappa shape index (κ3) is 2.42. The predicted octanol–water partition coefficient (Wildman–Crippen LogP) is 4.02. The molecule has 2 heterocycles. The predicted molar refractivity (Wildman–Crippen MR) is 96.2 cm³/mol. The fraction of sp³-hybridized carbons (Fsp3) is 0.529. The second-order valence-corrected chi connectivity index (χ2v) is 8.74. The maximum Gasteiger partial charge on any atom is 0.411 e. The van der Waals surface area contributed by atoms with E-state index in [1.165, 1.54) is 3.57 Å². The second kappa shape index (κ2) is 4.84. The lowest BCUT2D eigenvalue weighted by atomic mass is 10.2. The van der Waals surface area contributed by atoms with Crippen LogP contribution in [0.2, 0.25) is 0 Å². The number of ether oxygens (including phenoxy) is 1.